The molecule has 3 saturated heterocycles. The zero-order chi connectivity index (χ0) is 17.8. The van der Waals surface area contributed by atoms with Crippen LogP contribution in [0.5, 0.6) is 0 Å². The van der Waals surface area contributed by atoms with Crippen LogP contribution in [0.25, 0.3) is 0 Å². The molecule has 3 unspecified atom stereocenters. The number of hydrazine groups is 1. The number of hydrogen-bond donors (Lipinski definition) is 0. The third-order valence-corrected chi connectivity index (χ3v) is 6.16. The first kappa shape index (κ1) is 16.2. The zero-order valence-electron chi connectivity index (χ0n) is 14.1. The quantitative estimate of drug-likeness (QED) is 0.712. The van der Waals surface area contributed by atoms with Crippen LogP contribution in [0.4, 0.5) is 5.69 Å². The van der Waals surface area contributed by atoms with E-state index in [0.29, 0.717) is 5.69 Å². The second-order valence-corrected chi connectivity index (χ2v) is 7.91. The summed E-state index contributed by atoms with van der Waals surface area (Å²) in [6.07, 6.45) is 1.02. The van der Waals surface area contributed by atoms with Crippen molar-refractivity contribution >= 4 is 33.4 Å². The van der Waals surface area contributed by atoms with Gasteiger partial charge in [0, 0.05) is 17.6 Å². The van der Waals surface area contributed by atoms with E-state index >= 15 is 0 Å². The zero-order valence-corrected chi connectivity index (χ0v) is 15.7. The fraction of sp³-hybridized carbons (Fsp3) is 0.300. The number of rotatable bonds is 2. The van der Waals surface area contributed by atoms with E-state index in [4.69, 9.17) is 0 Å². The number of amides is 2. The van der Waals surface area contributed by atoms with Gasteiger partial charge in [0.1, 0.15) is 6.04 Å². The average Bonchev–Trinajstić information content (AvgIpc) is 3.29. The van der Waals surface area contributed by atoms with Crippen molar-refractivity contribution in [3.8, 4) is 0 Å². The van der Waals surface area contributed by atoms with Gasteiger partial charge in [0.05, 0.1) is 17.6 Å². The Bertz CT molecular complexity index is 870. The van der Waals surface area contributed by atoms with Crippen molar-refractivity contribution in [2.24, 2.45) is 5.92 Å². The Kier molecular flexibility index (Phi) is 3.74. The number of nitrogens with zero attached hydrogens (tertiary/aromatic N) is 3. The van der Waals surface area contributed by atoms with E-state index in [2.05, 4.69) is 38.1 Å². The molecule has 2 aromatic rings. The molecule has 3 atom stereocenters. The smallest absolute Gasteiger partial charge is 0.253 e. The number of imide groups is 1. The van der Waals surface area contributed by atoms with Crippen LogP contribution in [0.2, 0.25) is 0 Å². The Morgan fingerprint density at radius 3 is 2.15 bits per heavy atom. The van der Waals surface area contributed by atoms with Crippen molar-refractivity contribution in [1.82, 2.24) is 10.0 Å². The molecule has 6 heteroatoms. The van der Waals surface area contributed by atoms with Gasteiger partial charge >= 0.3 is 0 Å². The van der Waals surface area contributed by atoms with Gasteiger partial charge in [-0.15, -0.1) is 0 Å². The third kappa shape index (κ3) is 2.22. The van der Waals surface area contributed by atoms with Gasteiger partial charge in [-0.25, -0.2) is 14.9 Å². The fourth-order valence-corrected chi connectivity index (χ4v) is 4.87. The highest BCUT2D eigenvalue weighted by Crippen LogP contribution is 2.48. The standard InChI is InChI=1S/C20H18BrN3O2/c21-14-7-9-15(10-8-14)24-19(25)16-17(13-5-2-1-3-6-13)22-11-4-12-23(22)18(16)20(24)26/h1-3,5-10,16-18H,4,11-12H2. The van der Waals surface area contributed by atoms with Crippen LogP contribution in [0.1, 0.15) is 18.0 Å². The molecule has 3 fully saturated rings. The topological polar surface area (TPSA) is 43.9 Å². The van der Waals surface area contributed by atoms with E-state index in [-0.39, 0.29) is 29.8 Å². The largest absolute Gasteiger partial charge is 0.274 e. The monoisotopic (exact) mass is 411 g/mol. The molecule has 0 N–H and O–H groups in total. The van der Waals surface area contributed by atoms with E-state index < -0.39 is 0 Å². The molecule has 26 heavy (non-hydrogen) atoms. The Hall–Kier alpha value is -2.02. The summed E-state index contributed by atoms with van der Waals surface area (Å²) in [5, 5.41) is 4.36. The third-order valence-electron chi connectivity index (χ3n) is 5.63. The summed E-state index contributed by atoms with van der Waals surface area (Å²) >= 11 is 3.41. The summed E-state index contributed by atoms with van der Waals surface area (Å²) in [4.78, 5) is 27.9. The summed E-state index contributed by atoms with van der Waals surface area (Å²) in [6.45, 7) is 1.73. The molecular weight excluding hydrogens is 394 g/mol. The summed E-state index contributed by atoms with van der Waals surface area (Å²) in [5.74, 6) is -0.549. The number of anilines is 1. The molecule has 0 aromatic heterocycles. The van der Waals surface area contributed by atoms with E-state index in [1.54, 1.807) is 0 Å². The maximum Gasteiger partial charge on any atom is 0.253 e. The van der Waals surface area contributed by atoms with Gasteiger partial charge < -0.3 is 0 Å². The Morgan fingerprint density at radius 2 is 1.46 bits per heavy atom. The summed E-state index contributed by atoms with van der Waals surface area (Å²) < 4.78 is 0.924. The van der Waals surface area contributed by atoms with E-state index in [1.807, 2.05) is 42.5 Å². The number of fused-ring (bicyclic) bond motifs is 3. The predicted octanol–water partition coefficient (Wildman–Crippen LogP) is 2.98. The molecule has 0 spiro atoms. The van der Waals surface area contributed by atoms with Gasteiger partial charge in [-0.3, -0.25) is 9.59 Å². The minimum atomic E-state index is -0.390. The van der Waals surface area contributed by atoms with Gasteiger partial charge in [-0.1, -0.05) is 46.3 Å². The molecule has 2 aromatic carbocycles. The van der Waals surface area contributed by atoms with Crippen molar-refractivity contribution in [2.45, 2.75) is 18.5 Å². The first-order chi connectivity index (χ1) is 12.7. The fourth-order valence-electron chi connectivity index (χ4n) is 4.61. The Labute approximate surface area is 160 Å². The molecular formula is C20H18BrN3O2. The molecule has 0 saturated carbocycles. The lowest BCUT2D eigenvalue weighted by molar-refractivity contribution is -0.126. The van der Waals surface area contributed by atoms with Gasteiger partial charge in [-0.2, -0.15) is 0 Å². The van der Waals surface area contributed by atoms with E-state index in [9.17, 15) is 9.59 Å². The summed E-state index contributed by atoms with van der Waals surface area (Å²) in [6, 6.07) is 17.0. The number of carbonyl (C=O) groups excluding carboxylic acids is 2. The number of benzene rings is 2. The molecule has 5 rings (SSSR count). The van der Waals surface area contributed by atoms with Crippen LogP contribution in [-0.4, -0.2) is 41.0 Å². The Morgan fingerprint density at radius 1 is 0.808 bits per heavy atom. The van der Waals surface area contributed by atoms with E-state index in [1.165, 1.54) is 4.90 Å². The van der Waals surface area contributed by atoms with Crippen molar-refractivity contribution in [3.05, 3.63) is 64.6 Å². The maximum atomic E-state index is 13.3. The normalized spacial score (nSPS) is 28.7. The molecule has 0 radical (unpaired) electrons. The van der Waals surface area contributed by atoms with Crippen molar-refractivity contribution in [1.29, 1.82) is 0 Å². The van der Waals surface area contributed by atoms with Crippen molar-refractivity contribution in [3.63, 3.8) is 0 Å². The SMILES string of the molecule is O=C1C2C(C(=O)N1c1ccc(Br)cc1)N1CCCN1C2c1ccccc1. The predicted molar refractivity (Wildman–Crippen MR) is 101 cm³/mol. The first-order valence-corrected chi connectivity index (χ1v) is 9.67. The van der Waals surface area contributed by atoms with Crippen LogP contribution in [0.3, 0.4) is 0 Å². The molecule has 5 nitrogen and oxygen atoms in total. The molecule has 132 valence electrons. The summed E-state index contributed by atoms with van der Waals surface area (Å²) in [5.41, 5.74) is 1.75. The molecule has 3 heterocycles. The number of hydrogen-bond acceptors (Lipinski definition) is 4. The second-order valence-electron chi connectivity index (χ2n) is 6.99. The lowest BCUT2D eigenvalue weighted by atomic mass is 9.90. The van der Waals surface area contributed by atoms with E-state index in [0.717, 1.165) is 29.5 Å². The molecule has 3 aliphatic heterocycles. The highest BCUT2D eigenvalue weighted by molar-refractivity contribution is 9.10. The average molecular weight is 412 g/mol. The van der Waals surface area contributed by atoms with Crippen LogP contribution < -0.4 is 4.90 Å². The Balaban J connectivity index is 1.58. The van der Waals surface area contributed by atoms with Crippen LogP contribution in [0, 0.1) is 5.92 Å². The number of carbonyl (C=O) groups is 2. The highest BCUT2D eigenvalue weighted by Gasteiger charge is 2.62. The molecule has 3 aliphatic rings. The lowest BCUT2D eigenvalue weighted by Gasteiger charge is -2.29. The van der Waals surface area contributed by atoms with Crippen LogP contribution >= 0.6 is 15.9 Å². The highest BCUT2D eigenvalue weighted by atomic mass is 79.9. The van der Waals surface area contributed by atoms with Crippen molar-refractivity contribution in [2.75, 3.05) is 18.0 Å². The van der Waals surface area contributed by atoms with Gasteiger partial charge in [0.15, 0.2) is 0 Å². The van der Waals surface area contributed by atoms with Gasteiger partial charge in [0.2, 0.25) is 5.91 Å². The minimum Gasteiger partial charge on any atom is -0.274 e. The van der Waals surface area contributed by atoms with Gasteiger partial charge in [0.25, 0.3) is 5.91 Å². The molecule has 0 bridgehead atoms. The van der Waals surface area contributed by atoms with Crippen molar-refractivity contribution < 1.29 is 9.59 Å². The van der Waals surface area contributed by atoms with Crippen LogP contribution in [0.15, 0.2) is 59.1 Å². The second kappa shape index (κ2) is 6.01. The maximum absolute atomic E-state index is 13.3. The summed E-state index contributed by atoms with van der Waals surface area (Å²) in [7, 11) is 0. The molecule has 2 amide bonds. The van der Waals surface area contributed by atoms with Crippen LogP contribution in [-0.2, 0) is 9.59 Å². The lowest BCUT2D eigenvalue weighted by Crippen LogP contribution is -2.44. The number of halogens is 1. The molecule has 0 aliphatic carbocycles. The minimum absolute atomic E-state index is 0.0689. The van der Waals surface area contributed by atoms with Gasteiger partial charge in [-0.05, 0) is 36.2 Å². The first-order valence-electron chi connectivity index (χ1n) is 8.88.